The summed E-state index contributed by atoms with van der Waals surface area (Å²) < 4.78 is 5.95. The topological polar surface area (TPSA) is 83.1 Å². The molecule has 8 heteroatoms. The van der Waals surface area contributed by atoms with Crippen LogP contribution in [0.4, 0.5) is 5.69 Å². The molecule has 1 aliphatic heterocycles. The summed E-state index contributed by atoms with van der Waals surface area (Å²) >= 11 is 7.28. The van der Waals surface area contributed by atoms with Crippen molar-refractivity contribution in [2.45, 2.75) is 13.0 Å². The molecule has 0 aliphatic carbocycles. The van der Waals surface area contributed by atoms with E-state index in [1.54, 1.807) is 29.2 Å². The highest BCUT2D eigenvalue weighted by molar-refractivity contribution is 8.18. The predicted octanol–water partition coefficient (Wildman–Crippen LogP) is 7.66. The standard InChI is InChI=1S/C29H21ClN2O4S/c1-18(19-8-4-2-5-9-19)32-27(33)26(37-29(32)31-21-10-6-3-7-11-21)17-22-13-15-25(36-22)20-12-14-24(30)23(16-20)28(34)35/h2-18H,1H3,(H,34,35)/b26-17+,31-29?/t18-/m1/s1. The van der Waals surface area contributed by atoms with E-state index in [0.717, 1.165) is 11.3 Å². The normalized spacial score (nSPS) is 16.5. The largest absolute Gasteiger partial charge is 0.478 e. The number of aromatic carboxylic acids is 1. The van der Waals surface area contributed by atoms with E-state index in [0.29, 0.717) is 27.2 Å². The van der Waals surface area contributed by atoms with Crippen LogP contribution in [0.5, 0.6) is 0 Å². The van der Waals surface area contributed by atoms with Crippen LogP contribution in [0.1, 0.15) is 34.6 Å². The monoisotopic (exact) mass is 528 g/mol. The number of rotatable bonds is 6. The van der Waals surface area contributed by atoms with Crippen LogP contribution in [0.15, 0.2) is 105 Å². The maximum Gasteiger partial charge on any atom is 0.337 e. The molecule has 0 radical (unpaired) electrons. The Balaban J connectivity index is 1.49. The Hall–Kier alpha value is -4.07. The molecule has 0 spiro atoms. The van der Waals surface area contributed by atoms with Crippen molar-refractivity contribution in [1.82, 2.24) is 4.90 Å². The number of para-hydroxylation sites is 1. The van der Waals surface area contributed by atoms with Gasteiger partial charge in [-0.25, -0.2) is 9.79 Å². The van der Waals surface area contributed by atoms with Crippen molar-refractivity contribution in [1.29, 1.82) is 0 Å². The third kappa shape index (κ3) is 5.23. The zero-order valence-corrected chi connectivity index (χ0v) is 21.2. The number of benzene rings is 3. The smallest absolute Gasteiger partial charge is 0.337 e. The van der Waals surface area contributed by atoms with Gasteiger partial charge in [0.15, 0.2) is 5.17 Å². The van der Waals surface area contributed by atoms with E-state index in [1.807, 2.05) is 67.6 Å². The van der Waals surface area contributed by atoms with Gasteiger partial charge >= 0.3 is 5.97 Å². The van der Waals surface area contributed by atoms with Gasteiger partial charge in [-0.15, -0.1) is 0 Å². The van der Waals surface area contributed by atoms with E-state index < -0.39 is 5.97 Å². The zero-order valence-electron chi connectivity index (χ0n) is 19.7. The molecular weight excluding hydrogens is 508 g/mol. The first-order valence-corrected chi connectivity index (χ1v) is 12.6. The number of carboxylic acid groups (broad SMARTS) is 1. The summed E-state index contributed by atoms with van der Waals surface area (Å²) in [5, 5.41) is 10.1. The maximum atomic E-state index is 13.6. The Morgan fingerprint density at radius 3 is 2.43 bits per heavy atom. The summed E-state index contributed by atoms with van der Waals surface area (Å²) in [4.78, 5) is 32.0. The first-order chi connectivity index (χ1) is 17.9. The van der Waals surface area contributed by atoms with Gasteiger partial charge in [0.2, 0.25) is 0 Å². The first-order valence-electron chi connectivity index (χ1n) is 11.5. The summed E-state index contributed by atoms with van der Waals surface area (Å²) in [5.41, 5.74) is 2.31. The van der Waals surface area contributed by atoms with Crippen LogP contribution in [-0.4, -0.2) is 27.1 Å². The second-order valence-electron chi connectivity index (χ2n) is 8.30. The quantitative estimate of drug-likeness (QED) is 0.260. The summed E-state index contributed by atoms with van der Waals surface area (Å²) in [6, 6.07) is 27.2. The van der Waals surface area contributed by atoms with Gasteiger partial charge in [0.05, 0.1) is 27.2 Å². The fraction of sp³-hybridized carbons (Fsp3) is 0.0690. The van der Waals surface area contributed by atoms with E-state index >= 15 is 0 Å². The van der Waals surface area contributed by atoms with Gasteiger partial charge in [-0.2, -0.15) is 0 Å². The van der Waals surface area contributed by atoms with Crippen molar-refractivity contribution in [3.63, 3.8) is 0 Å². The van der Waals surface area contributed by atoms with E-state index in [9.17, 15) is 14.7 Å². The van der Waals surface area contributed by atoms with Crippen molar-refractivity contribution in [2.24, 2.45) is 4.99 Å². The lowest BCUT2D eigenvalue weighted by Gasteiger charge is -2.24. The summed E-state index contributed by atoms with van der Waals surface area (Å²) in [5.74, 6) is -0.361. The highest BCUT2D eigenvalue weighted by Crippen LogP contribution is 2.39. The molecular formula is C29H21ClN2O4S. The Labute approximate surface area is 222 Å². The SMILES string of the molecule is C[C@H](c1ccccc1)N1C(=O)/C(=C\c2ccc(-c3ccc(Cl)c(C(=O)O)c3)o2)SC1=Nc1ccccc1. The number of amidine groups is 1. The second kappa shape index (κ2) is 10.5. The summed E-state index contributed by atoms with van der Waals surface area (Å²) in [6.45, 7) is 1.98. The number of carboxylic acids is 1. The van der Waals surface area contributed by atoms with E-state index in [1.165, 1.54) is 23.9 Å². The van der Waals surface area contributed by atoms with Crippen molar-refractivity contribution in [2.75, 3.05) is 0 Å². The number of carbonyl (C=O) groups excluding carboxylic acids is 1. The molecule has 1 fully saturated rings. The number of hydrogen-bond acceptors (Lipinski definition) is 5. The Kier molecular flexibility index (Phi) is 6.99. The number of furan rings is 1. The molecule has 0 bridgehead atoms. The fourth-order valence-electron chi connectivity index (χ4n) is 3.96. The average molecular weight is 529 g/mol. The minimum Gasteiger partial charge on any atom is -0.478 e. The van der Waals surface area contributed by atoms with Crippen LogP contribution < -0.4 is 0 Å². The number of thioether (sulfide) groups is 1. The number of halogens is 1. The molecule has 6 nitrogen and oxygen atoms in total. The second-order valence-corrected chi connectivity index (χ2v) is 9.72. The Bertz CT molecular complexity index is 1530. The van der Waals surface area contributed by atoms with E-state index in [2.05, 4.69) is 0 Å². The molecule has 1 atom stereocenters. The van der Waals surface area contributed by atoms with Crippen LogP contribution in [-0.2, 0) is 4.79 Å². The molecule has 2 heterocycles. The predicted molar refractivity (Wildman–Crippen MR) is 147 cm³/mol. The fourth-order valence-corrected chi connectivity index (χ4v) is 5.20. The van der Waals surface area contributed by atoms with Gasteiger partial charge in [-0.3, -0.25) is 9.69 Å². The van der Waals surface area contributed by atoms with Crippen molar-refractivity contribution in [3.8, 4) is 11.3 Å². The van der Waals surface area contributed by atoms with Gasteiger partial charge in [-0.05, 0) is 66.7 Å². The molecule has 0 saturated carbocycles. The van der Waals surface area contributed by atoms with Crippen LogP contribution in [0.3, 0.4) is 0 Å². The molecule has 4 aromatic rings. The van der Waals surface area contributed by atoms with Gasteiger partial charge < -0.3 is 9.52 Å². The molecule has 184 valence electrons. The molecule has 37 heavy (non-hydrogen) atoms. The van der Waals surface area contributed by atoms with Crippen LogP contribution in [0.2, 0.25) is 5.02 Å². The summed E-state index contributed by atoms with van der Waals surface area (Å²) in [7, 11) is 0. The highest BCUT2D eigenvalue weighted by Gasteiger charge is 2.37. The lowest BCUT2D eigenvalue weighted by Crippen LogP contribution is -2.32. The molecule has 1 N–H and O–H groups in total. The number of nitrogens with zero attached hydrogens (tertiary/aromatic N) is 2. The lowest BCUT2D eigenvalue weighted by atomic mass is 10.1. The minimum absolute atomic E-state index is 0.00990. The Morgan fingerprint density at radius 1 is 1.03 bits per heavy atom. The Morgan fingerprint density at radius 2 is 1.73 bits per heavy atom. The van der Waals surface area contributed by atoms with Gasteiger partial charge in [0.1, 0.15) is 11.5 Å². The molecule has 3 aromatic carbocycles. The number of amides is 1. The third-order valence-electron chi connectivity index (χ3n) is 5.87. The molecule has 1 amide bonds. The van der Waals surface area contributed by atoms with Gasteiger partial charge in [0.25, 0.3) is 5.91 Å². The van der Waals surface area contributed by atoms with Gasteiger partial charge in [0, 0.05) is 11.6 Å². The molecule has 5 rings (SSSR count). The minimum atomic E-state index is -1.12. The van der Waals surface area contributed by atoms with Crippen molar-refractivity contribution < 1.29 is 19.1 Å². The van der Waals surface area contributed by atoms with Gasteiger partial charge in [-0.1, -0.05) is 60.1 Å². The number of hydrogen-bond donors (Lipinski definition) is 1. The molecule has 1 aromatic heterocycles. The molecule has 0 unspecified atom stereocenters. The van der Waals surface area contributed by atoms with E-state index in [4.69, 9.17) is 21.0 Å². The molecule has 1 aliphatic rings. The number of aliphatic imine (C=N–C) groups is 1. The maximum absolute atomic E-state index is 13.6. The van der Waals surface area contributed by atoms with Crippen molar-refractivity contribution in [3.05, 3.63) is 118 Å². The van der Waals surface area contributed by atoms with Crippen LogP contribution in [0, 0.1) is 0 Å². The lowest BCUT2D eigenvalue weighted by molar-refractivity contribution is -0.123. The summed E-state index contributed by atoms with van der Waals surface area (Å²) in [6.07, 6.45) is 1.68. The number of carbonyl (C=O) groups is 2. The zero-order chi connectivity index (χ0) is 25.9. The van der Waals surface area contributed by atoms with Crippen LogP contribution >= 0.6 is 23.4 Å². The molecule has 1 saturated heterocycles. The van der Waals surface area contributed by atoms with Crippen molar-refractivity contribution >= 4 is 52.2 Å². The first kappa shape index (κ1) is 24.6. The highest BCUT2D eigenvalue weighted by atomic mass is 35.5. The van der Waals surface area contributed by atoms with Crippen LogP contribution in [0.25, 0.3) is 17.4 Å². The van der Waals surface area contributed by atoms with E-state index in [-0.39, 0.29) is 22.5 Å². The third-order valence-corrected chi connectivity index (χ3v) is 7.18. The average Bonchev–Trinajstić information content (AvgIpc) is 3.49.